The van der Waals surface area contributed by atoms with Gasteiger partial charge in [-0.2, -0.15) is 0 Å². The maximum Gasteiger partial charge on any atom is 0.125 e. The van der Waals surface area contributed by atoms with E-state index in [1.165, 1.54) is 5.56 Å². The summed E-state index contributed by atoms with van der Waals surface area (Å²) in [6.45, 7) is 6.09. The van der Waals surface area contributed by atoms with E-state index in [1.54, 1.807) is 7.11 Å². The molecule has 0 aliphatic heterocycles. The second-order valence-electron chi connectivity index (χ2n) is 12.1. The fraction of sp³-hybridized carbons (Fsp3) is 0.231. The van der Waals surface area contributed by atoms with E-state index in [1.807, 2.05) is 63.2 Å². The van der Waals surface area contributed by atoms with Crippen LogP contribution >= 0.6 is 0 Å². The summed E-state index contributed by atoms with van der Waals surface area (Å²) in [5.41, 5.74) is 12.1. The highest BCUT2D eigenvalue weighted by atomic mass is 16.5. The minimum Gasteiger partial charge on any atom is -0.507 e. The number of aryl methyl sites for hydroxylation is 3. The molecule has 6 rings (SSSR count). The lowest BCUT2D eigenvalue weighted by Gasteiger charge is -2.20. The summed E-state index contributed by atoms with van der Waals surface area (Å²) >= 11 is 0. The van der Waals surface area contributed by atoms with Gasteiger partial charge in [-0.15, -0.1) is 0 Å². The van der Waals surface area contributed by atoms with Crippen LogP contribution in [0.3, 0.4) is 0 Å². The van der Waals surface area contributed by atoms with Crippen molar-refractivity contribution in [2.75, 3.05) is 7.11 Å². The van der Waals surface area contributed by atoms with Crippen molar-refractivity contribution >= 4 is 0 Å². The first-order valence-electron chi connectivity index (χ1n) is 14.8. The largest absolute Gasteiger partial charge is 0.507 e. The molecule has 0 aromatic heterocycles. The van der Waals surface area contributed by atoms with E-state index in [2.05, 4.69) is 36.4 Å². The number of fused-ring (bicyclic) bond motifs is 8. The summed E-state index contributed by atoms with van der Waals surface area (Å²) in [5, 5.41) is 34.6. The van der Waals surface area contributed by atoms with E-state index in [0.29, 0.717) is 25.7 Å². The summed E-state index contributed by atoms with van der Waals surface area (Å²) in [6.07, 6.45) is 2.50. The third-order valence-corrected chi connectivity index (χ3v) is 8.52. The Kier molecular flexibility index (Phi) is 7.62. The number of phenols is 3. The normalized spacial score (nSPS) is 12.7. The fourth-order valence-corrected chi connectivity index (χ4v) is 6.72. The SMILES string of the molecule is COc1c2cc(Cc3ccccc3)cc1Cc1cc(C)cc(c1O)Cc1cc(C)cc(c1O)Cc1cc(C)cc(c1O)C2. The van der Waals surface area contributed by atoms with Crippen LogP contribution < -0.4 is 4.74 Å². The number of ether oxygens (including phenoxy) is 1. The fourth-order valence-electron chi connectivity index (χ4n) is 6.72. The van der Waals surface area contributed by atoms with Crippen molar-refractivity contribution in [2.24, 2.45) is 0 Å². The third-order valence-electron chi connectivity index (χ3n) is 8.52. The van der Waals surface area contributed by atoms with Gasteiger partial charge in [0.25, 0.3) is 0 Å². The van der Waals surface area contributed by atoms with Crippen molar-refractivity contribution in [3.05, 3.63) is 151 Å². The number of methoxy groups -OCH3 is 1. The average molecular weight is 571 g/mol. The molecule has 0 unspecified atom stereocenters. The molecule has 0 fully saturated rings. The Morgan fingerprint density at radius 2 is 0.837 bits per heavy atom. The number of hydrogen-bond donors (Lipinski definition) is 3. The van der Waals surface area contributed by atoms with Crippen LogP contribution in [0.1, 0.15) is 72.3 Å². The van der Waals surface area contributed by atoms with Gasteiger partial charge in [-0.3, -0.25) is 0 Å². The summed E-state index contributed by atoms with van der Waals surface area (Å²) in [5.74, 6) is 1.47. The van der Waals surface area contributed by atoms with Gasteiger partial charge in [-0.1, -0.05) is 95.6 Å². The molecular weight excluding hydrogens is 532 g/mol. The van der Waals surface area contributed by atoms with E-state index in [0.717, 1.165) is 78.9 Å². The monoisotopic (exact) mass is 570 g/mol. The summed E-state index contributed by atoms with van der Waals surface area (Å²) in [7, 11) is 1.69. The van der Waals surface area contributed by atoms with Crippen LogP contribution in [0, 0.1) is 20.8 Å². The molecular formula is C39H38O4. The second kappa shape index (κ2) is 11.5. The molecule has 5 aromatic carbocycles. The highest BCUT2D eigenvalue weighted by molar-refractivity contribution is 5.57. The van der Waals surface area contributed by atoms with Crippen molar-refractivity contribution in [3.63, 3.8) is 0 Å². The molecule has 5 aromatic rings. The van der Waals surface area contributed by atoms with E-state index in [4.69, 9.17) is 4.74 Å². The van der Waals surface area contributed by atoms with Crippen molar-refractivity contribution < 1.29 is 20.1 Å². The molecule has 1 aliphatic carbocycles. The molecule has 0 spiro atoms. The maximum atomic E-state index is 11.6. The number of rotatable bonds is 3. The number of hydrogen-bond acceptors (Lipinski definition) is 4. The Morgan fingerprint density at radius 3 is 1.19 bits per heavy atom. The van der Waals surface area contributed by atoms with Crippen molar-refractivity contribution in [2.45, 2.75) is 52.9 Å². The Morgan fingerprint density at radius 1 is 0.488 bits per heavy atom. The average Bonchev–Trinajstić information content (AvgIpc) is 2.96. The van der Waals surface area contributed by atoms with Gasteiger partial charge in [0, 0.05) is 25.7 Å². The molecule has 0 saturated carbocycles. The lowest BCUT2D eigenvalue weighted by atomic mass is 9.88. The van der Waals surface area contributed by atoms with Gasteiger partial charge >= 0.3 is 0 Å². The molecule has 0 radical (unpaired) electrons. The topological polar surface area (TPSA) is 69.9 Å². The van der Waals surface area contributed by atoms with Gasteiger partial charge in [0.1, 0.15) is 23.0 Å². The van der Waals surface area contributed by atoms with Crippen molar-refractivity contribution in [1.82, 2.24) is 0 Å². The Labute approximate surface area is 253 Å². The minimum absolute atomic E-state index is 0.208. The van der Waals surface area contributed by atoms with E-state index in [9.17, 15) is 15.3 Å². The summed E-state index contributed by atoms with van der Waals surface area (Å²) in [4.78, 5) is 0. The second-order valence-corrected chi connectivity index (χ2v) is 12.1. The van der Waals surface area contributed by atoms with Crippen LogP contribution in [0.5, 0.6) is 23.0 Å². The molecule has 0 saturated heterocycles. The van der Waals surface area contributed by atoms with Gasteiger partial charge in [0.15, 0.2) is 0 Å². The maximum absolute atomic E-state index is 11.6. The van der Waals surface area contributed by atoms with Gasteiger partial charge < -0.3 is 20.1 Å². The smallest absolute Gasteiger partial charge is 0.125 e. The van der Waals surface area contributed by atoms with E-state index >= 15 is 0 Å². The predicted octanol–water partition coefficient (Wildman–Crippen LogP) is 8.00. The standard InChI is InChI=1S/C39H38O4/c1-23-10-28-19-30-12-24(2)14-32(37(30)41)21-34-17-27(16-26-8-6-5-7-9-26)18-35(39(34)43-4)22-33-15-25(3)13-31(38(33)42)20-29(11-23)36(28)40/h5-15,17-18,40-42H,16,19-22H2,1-4H3. The van der Waals surface area contributed by atoms with Crippen LogP contribution in [0.2, 0.25) is 0 Å². The third kappa shape index (κ3) is 5.83. The number of aromatic hydroxyl groups is 3. The molecule has 0 heterocycles. The van der Waals surface area contributed by atoms with Crippen LogP contribution in [0.25, 0.3) is 0 Å². The molecule has 4 nitrogen and oxygen atoms in total. The van der Waals surface area contributed by atoms with Gasteiger partial charge in [-0.05, 0) is 82.8 Å². The molecule has 1 aliphatic rings. The zero-order valence-corrected chi connectivity index (χ0v) is 25.3. The first-order valence-corrected chi connectivity index (χ1v) is 14.8. The lowest BCUT2D eigenvalue weighted by Crippen LogP contribution is -2.05. The molecule has 4 heteroatoms. The van der Waals surface area contributed by atoms with Gasteiger partial charge in [-0.25, -0.2) is 0 Å². The van der Waals surface area contributed by atoms with Gasteiger partial charge in [0.2, 0.25) is 0 Å². The Balaban J connectivity index is 1.60. The van der Waals surface area contributed by atoms with E-state index in [-0.39, 0.29) is 17.2 Å². The zero-order valence-electron chi connectivity index (χ0n) is 25.3. The Bertz CT molecular complexity index is 1730. The van der Waals surface area contributed by atoms with E-state index < -0.39 is 0 Å². The highest BCUT2D eigenvalue weighted by Crippen LogP contribution is 2.39. The summed E-state index contributed by atoms with van der Waals surface area (Å²) < 4.78 is 6.08. The quantitative estimate of drug-likeness (QED) is 0.202. The molecule has 3 N–H and O–H groups in total. The molecule has 218 valence electrons. The molecule has 0 amide bonds. The number of benzene rings is 5. The molecule has 8 bridgehead atoms. The highest BCUT2D eigenvalue weighted by Gasteiger charge is 2.21. The van der Waals surface area contributed by atoms with Gasteiger partial charge in [0.05, 0.1) is 7.11 Å². The minimum atomic E-state index is 0.208. The summed E-state index contributed by atoms with van der Waals surface area (Å²) in [6, 6.07) is 26.8. The van der Waals surface area contributed by atoms with Crippen LogP contribution in [0.15, 0.2) is 78.9 Å². The molecule has 0 atom stereocenters. The van der Waals surface area contributed by atoms with Crippen LogP contribution in [-0.4, -0.2) is 22.4 Å². The first-order chi connectivity index (χ1) is 20.7. The predicted molar refractivity (Wildman–Crippen MR) is 172 cm³/mol. The lowest BCUT2D eigenvalue weighted by molar-refractivity contribution is 0.405. The van der Waals surface area contributed by atoms with Crippen molar-refractivity contribution in [3.8, 4) is 23.0 Å². The zero-order chi connectivity index (χ0) is 30.2. The van der Waals surface area contributed by atoms with Crippen LogP contribution in [-0.2, 0) is 32.1 Å². The Hall–Kier alpha value is -4.70. The van der Waals surface area contributed by atoms with Crippen LogP contribution in [0.4, 0.5) is 0 Å². The number of phenolic OH excluding ortho intramolecular Hbond substituents is 3. The van der Waals surface area contributed by atoms with Crippen molar-refractivity contribution in [1.29, 1.82) is 0 Å². The molecule has 43 heavy (non-hydrogen) atoms. The first kappa shape index (κ1) is 28.4.